The van der Waals surface area contributed by atoms with Gasteiger partial charge in [0.25, 0.3) is 0 Å². The molecule has 0 aliphatic carbocycles. The van der Waals surface area contributed by atoms with Crippen LogP contribution in [0.2, 0.25) is 5.15 Å². The summed E-state index contributed by atoms with van der Waals surface area (Å²) in [5, 5.41) is 2.80. The Bertz CT molecular complexity index is 469. The fraction of sp³-hybridized carbons (Fsp3) is 0. The molecule has 0 aliphatic heterocycles. The van der Waals surface area contributed by atoms with Crippen molar-refractivity contribution >= 4 is 29.2 Å². The molecule has 0 spiro atoms. The number of rotatable bonds is 2. The van der Waals surface area contributed by atoms with Crippen molar-refractivity contribution in [2.24, 2.45) is 0 Å². The van der Waals surface area contributed by atoms with E-state index in [0.717, 1.165) is 5.56 Å². The van der Waals surface area contributed by atoms with Crippen LogP contribution in [0.4, 0.5) is 0 Å². The van der Waals surface area contributed by atoms with Crippen molar-refractivity contribution < 1.29 is 4.79 Å². The molecule has 0 fully saturated rings. The first-order valence-electron chi connectivity index (χ1n) is 3.83. The number of thiazole rings is 1. The Balaban J connectivity index is 2.49. The number of halogens is 1. The summed E-state index contributed by atoms with van der Waals surface area (Å²) in [6.45, 7) is 0. The van der Waals surface area contributed by atoms with E-state index in [2.05, 4.69) is 9.97 Å². The van der Waals surface area contributed by atoms with Crippen molar-refractivity contribution in [1.29, 1.82) is 0 Å². The van der Waals surface area contributed by atoms with E-state index in [4.69, 9.17) is 11.6 Å². The van der Waals surface area contributed by atoms with Gasteiger partial charge in [-0.05, 0) is 12.1 Å². The quantitative estimate of drug-likeness (QED) is 0.582. The van der Waals surface area contributed by atoms with Crippen LogP contribution >= 0.6 is 22.9 Å². The van der Waals surface area contributed by atoms with E-state index in [1.54, 1.807) is 17.6 Å². The summed E-state index contributed by atoms with van der Waals surface area (Å²) in [6, 6.07) is 3.60. The molecule has 0 saturated heterocycles. The van der Waals surface area contributed by atoms with Crippen LogP contribution in [0.5, 0.6) is 0 Å². The second-order valence-electron chi connectivity index (χ2n) is 2.54. The predicted molar refractivity (Wildman–Crippen MR) is 55.7 cm³/mol. The Morgan fingerprint density at radius 1 is 1.50 bits per heavy atom. The maximum atomic E-state index is 10.4. The molecule has 0 atom stereocenters. The fourth-order valence-electron chi connectivity index (χ4n) is 1.01. The third-order valence-electron chi connectivity index (χ3n) is 1.63. The Kier molecular flexibility index (Phi) is 2.56. The van der Waals surface area contributed by atoms with Gasteiger partial charge in [-0.15, -0.1) is 11.3 Å². The van der Waals surface area contributed by atoms with Crippen LogP contribution in [0, 0.1) is 0 Å². The number of hydrogen-bond acceptors (Lipinski definition) is 4. The highest BCUT2D eigenvalue weighted by molar-refractivity contribution is 7.13. The van der Waals surface area contributed by atoms with E-state index in [1.807, 2.05) is 6.07 Å². The smallest absolute Gasteiger partial charge is 0.169 e. The summed E-state index contributed by atoms with van der Waals surface area (Å²) in [6.07, 6.45) is 2.32. The molecule has 0 aliphatic rings. The van der Waals surface area contributed by atoms with Gasteiger partial charge in [0.2, 0.25) is 0 Å². The van der Waals surface area contributed by atoms with E-state index < -0.39 is 0 Å². The molecule has 0 radical (unpaired) electrons. The predicted octanol–water partition coefficient (Wildman–Crippen LogP) is 2.67. The summed E-state index contributed by atoms with van der Waals surface area (Å²) in [4.78, 5) is 18.5. The Labute approximate surface area is 89.4 Å². The van der Waals surface area contributed by atoms with Crippen molar-refractivity contribution in [1.82, 2.24) is 9.97 Å². The minimum Gasteiger partial charge on any atom is -0.296 e. The molecule has 14 heavy (non-hydrogen) atoms. The average molecular weight is 225 g/mol. The van der Waals surface area contributed by atoms with E-state index in [1.165, 1.54) is 11.3 Å². The zero-order chi connectivity index (χ0) is 9.97. The second kappa shape index (κ2) is 3.86. The molecule has 5 heteroatoms. The molecule has 0 amide bonds. The van der Waals surface area contributed by atoms with Crippen LogP contribution in [0.1, 0.15) is 10.5 Å². The van der Waals surface area contributed by atoms with Crippen molar-refractivity contribution in [2.75, 3.05) is 0 Å². The van der Waals surface area contributed by atoms with Crippen molar-refractivity contribution in [3.63, 3.8) is 0 Å². The van der Waals surface area contributed by atoms with Crippen LogP contribution in [-0.4, -0.2) is 16.3 Å². The number of hydrogen-bond donors (Lipinski definition) is 0. The lowest BCUT2D eigenvalue weighted by atomic mass is 10.3. The topological polar surface area (TPSA) is 42.9 Å². The fourth-order valence-corrected chi connectivity index (χ4v) is 2.06. The molecular formula is C9H5ClN2OS. The molecule has 0 aromatic carbocycles. The van der Waals surface area contributed by atoms with Gasteiger partial charge in [0.05, 0.1) is 0 Å². The van der Waals surface area contributed by atoms with Gasteiger partial charge in [0.15, 0.2) is 6.29 Å². The number of carbonyl (C=O) groups is 1. The van der Waals surface area contributed by atoms with Gasteiger partial charge in [-0.1, -0.05) is 11.6 Å². The standard InChI is InChI=1S/C9H5ClN2OS/c10-8-7(2-1-3-11-8)9-12-6(4-13)5-14-9/h1-5H. The Hall–Kier alpha value is -1.26. The van der Waals surface area contributed by atoms with Gasteiger partial charge in [-0.3, -0.25) is 4.79 Å². The molecule has 0 unspecified atom stereocenters. The summed E-state index contributed by atoms with van der Waals surface area (Å²) in [7, 11) is 0. The number of aromatic nitrogens is 2. The number of nitrogens with zero attached hydrogens (tertiary/aromatic N) is 2. The highest BCUT2D eigenvalue weighted by Crippen LogP contribution is 2.27. The van der Waals surface area contributed by atoms with Crippen LogP contribution in [0.15, 0.2) is 23.7 Å². The van der Waals surface area contributed by atoms with E-state index in [9.17, 15) is 4.79 Å². The molecular weight excluding hydrogens is 220 g/mol. The molecule has 2 rings (SSSR count). The monoisotopic (exact) mass is 224 g/mol. The Morgan fingerprint density at radius 3 is 3.00 bits per heavy atom. The van der Waals surface area contributed by atoms with E-state index >= 15 is 0 Å². The number of aldehydes is 1. The molecule has 0 N–H and O–H groups in total. The third kappa shape index (κ3) is 1.66. The van der Waals surface area contributed by atoms with Crippen LogP contribution in [0.25, 0.3) is 10.6 Å². The summed E-state index contributed by atoms with van der Waals surface area (Å²) in [5.41, 5.74) is 1.18. The first kappa shape index (κ1) is 9.30. The van der Waals surface area contributed by atoms with Crippen molar-refractivity contribution in [2.45, 2.75) is 0 Å². The van der Waals surface area contributed by atoms with Crippen molar-refractivity contribution in [3.8, 4) is 10.6 Å². The zero-order valence-corrected chi connectivity index (χ0v) is 8.55. The normalized spacial score (nSPS) is 10.1. The minimum absolute atomic E-state index is 0.402. The summed E-state index contributed by atoms with van der Waals surface area (Å²) in [5.74, 6) is 0. The van der Waals surface area contributed by atoms with E-state index in [-0.39, 0.29) is 0 Å². The Morgan fingerprint density at radius 2 is 2.36 bits per heavy atom. The van der Waals surface area contributed by atoms with Gasteiger partial charge in [-0.25, -0.2) is 9.97 Å². The average Bonchev–Trinajstić information content (AvgIpc) is 2.67. The molecule has 2 heterocycles. The molecule has 70 valence electrons. The molecule has 2 aromatic rings. The first-order chi connectivity index (χ1) is 6.81. The molecule has 0 saturated carbocycles. The molecule has 0 bridgehead atoms. The van der Waals surface area contributed by atoms with Gasteiger partial charge in [0, 0.05) is 17.1 Å². The minimum atomic E-state index is 0.402. The van der Waals surface area contributed by atoms with Crippen LogP contribution in [0.3, 0.4) is 0 Å². The second-order valence-corrected chi connectivity index (χ2v) is 3.75. The molecule has 2 aromatic heterocycles. The zero-order valence-electron chi connectivity index (χ0n) is 6.98. The van der Waals surface area contributed by atoms with Gasteiger partial charge < -0.3 is 0 Å². The summed E-state index contributed by atoms with van der Waals surface area (Å²) < 4.78 is 0. The van der Waals surface area contributed by atoms with Crippen LogP contribution in [-0.2, 0) is 0 Å². The third-order valence-corrected chi connectivity index (χ3v) is 2.83. The first-order valence-corrected chi connectivity index (χ1v) is 5.08. The van der Waals surface area contributed by atoms with Crippen molar-refractivity contribution in [3.05, 3.63) is 34.6 Å². The van der Waals surface area contributed by atoms with Gasteiger partial charge >= 0.3 is 0 Å². The van der Waals surface area contributed by atoms with Crippen LogP contribution < -0.4 is 0 Å². The lowest BCUT2D eigenvalue weighted by molar-refractivity contribution is 0.111. The number of pyridine rings is 1. The largest absolute Gasteiger partial charge is 0.296 e. The lowest BCUT2D eigenvalue weighted by Crippen LogP contribution is -1.83. The van der Waals surface area contributed by atoms with Gasteiger partial charge in [0.1, 0.15) is 15.9 Å². The van der Waals surface area contributed by atoms with E-state index in [0.29, 0.717) is 22.1 Å². The maximum Gasteiger partial charge on any atom is 0.169 e. The number of carbonyl (C=O) groups excluding carboxylic acids is 1. The maximum absolute atomic E-state index is 10.4. The highest BCUT2D eigenvalue weighted by Gasteiger charge is 2.07. The molecule has 3 nitrogen and oxygen atoms in total. The highest BCUT2D eigenvalue weighted by atomic mass is 35.5. The summed E-state index contributed by atoms with van der Waals surface area (Å²) >= 11 is 7.25. The lowest BCUT2D eigenvalue weighted by Gasteiger charge is -1.96. The SMILES string of the molecule is O=Cc1csc(-c2cccnc2Cl)n1. The van der Waals surface area contributed by atoms with Gasteiger partial charge in [-0.2, -0.15) is 0 Å².